The SMILES string of the molecule is CCc1c(-c2nnc(C(C)(C)C)o2)nc(-c2ccc(Cl)cc2Cl)n1-c1ccc(Br)cc1. The molecule has 0 amide bonds. The molecule has 2 heterocycles. The van der Waals surface area contributed by atoms with Gasteiger partial charge in [0.15, 0.2) is 0 Å². The van der Waals surface area contributed by atoms with Crippen molar-refractivity contribution < 1.29 is 4.42 Å². The number of aromatic nitrogens is 4. The van der Waals surface area contributed by atoms with Crippen molar-refractivity contribution in [3.05, 3.63) is 68.6 Å². The third-order valence-corrected chi connectivity index (χ3v) is 5.91. The predicted octanol–water partition coefficient (Wildman–Crippen LogP) is 7.52. The second kappa shape index (κ2) is 8.41. The van der Waals surface area contributed by atoms with Gasteiger partial charge in [-0.25, -0.2) is 4.98 Å². The van der Waals surface area contributed by atoms with E-state index >= 15 is 0 Å². The Hall–Kier alpha value is -2.15. The molecule has 0 unspecified atom stereocenters. The van der Waals surface area contributed by atoms with E-state index in [0.717, 1.165) is 21.4 Å². The maximum atomic E-state index is 6.57. The van der Waals surface area contributed by atoms with Crippen LogP contribution in [0, 0.1) is 0 Å². The monoisotopic (exact) mass is 518 g/mol. The summed E-state index contributed by atoms with van der Waals surface area (Å²) in [7, 11) is 0. The Morgan fingerprint density at radius 1 is 1.03 bits per heavy atom. The van der Waals surface area contributed by atoms with Crippen molar-refractivity contribution in [2.75, 3.05) is 0 Å². The van der Waals surface area contributed by atoms with Crippen LogP contribution in [-0.4, -0.2) is 19.7 Å². The number of nitrogens with zero attached hydrogens (tertiary/aromatic N) is 4. The van der Waals surface area contributed by atoms with Gasteiger partial charge < -0.3 is 4.42 Å². The minimum atomic E-state index is -0.256. The van der Waals surface area contributed by atoms with Gasteiger partial charge in [-0.15, -0.1) is 10.2 Å². The van der Waals surface area contributed by atoms with Gasteiger partial charge in [-0.2, -0.15) is 0 Å². The second-order valence-electron chi connectivity index (χ2n) is 8.18. The molecule has 160 valence electrons. The van der Waals surface area contributed by atoms with Gasteiger partial charge in [0.05, 0.1) is 10.7 Å². The van der Waals surface area contributed by atoms with Crippen LogP contribution < -0.4 is 0 Å². The fraction of sp³-hybridized carbons (Fsp3) is 0.261. The topological polar surface area (TPSA) is 56.7 Å². The van der Waals surface area contributed by atoms with Crippen LogP contribution in [0.2, 0.25) is 10.0 Å². The van der Waals surface area contributed by atoms with Crippen LogP contribution in [0.1, 0.15) is 39.3 Å². The van der Waals surface area contributed by atoms with Crippen molar-refractivity contribution in [3.8, 4) is 28.7 Å². The molecule has 0 saturated heterocycles. The zero-order valence-electron chi connectivity index (χ0n) is 17.6. The summed E-state index contributed by atoms with van der Waals surface area (Å²) in [5.41, 5.74) is 3.07. The first-order valence-electron chi connectivity index (χ1n) is 9.86. The molecule has 2 aromatic heterocycles. The maximum absolute atomic E-state index is 6.57. The lowest BCUT2D eigenvalue weighted by atomic mass is 9.97. The molecule has 5 nitrogen and oxygen atoms in total. The first kappa shape index (κ1) is 22.1. The normalized spacial score (nSPS) is 11.8. The molecule has 0 spiro atoms. The quantitative estimate of drug-likeness (QED) is 0.279. The average molecular weight is 520 g/mol. The van der Waals surface area contributed by atoms with Gasteiger partial charge >= 0.3 is 0 Å². The third-order valence-electron chi connectivity index (χ3n) is 4.83. The van der Waals surface area contributed by atoms with Crippen LogP contribution in [0.15, 0.2) is 51.4 Å². The van der Waals surface area contributed by atoms with Gasteiger partial charge in [-0.1, -0.05) is 66.8 Å². The molecular formula is C23H21BrCl2N4O. The van der Waals surface area contributed by atoms with Crippen LogP contribution in [0.25, 0.3) is 28.7 Å². The molecule has 0 radical (unpaired) electrons. The van der Waals surface area contributed by atoms with Crippen molar-refractivity contribution >= 4 is 39.1 Å². The number of hydrogen-bond acceptors (Lipinski definition) is 4. The largest absolute Gasteiger partial charge is 0.419 e. The van der Waals surface area contributed by atoms with Crippen LogP contribution in [0.4, 0.5) is 0 Å². The van der Waals surface area contributed by atoms with E-state index in [2.05, 4.69) is 37.6 Å². The van der Waals surface area contributed by atoms with Crippen LogP contribution in [-0.2, 0) is 11.8 Å². The molecule has 0 saturated carbocycles. The Labute approximate surface area is 199 Å². The highest BCUT2D eigenvalue weighted by molar-refractivity contribution is 9.10. The highest BCUT2D eigenvalue weighted by atomic mass is 79.9. The highest BCUT2D eigenvalue weighted by Crippen LogP contribution is 2.37. The lowest BCUT2D eigenvalue weighted by molar-refractivity contribution is 0.398. The third kappa shape index (κ3) is 4.29. The minimum Gasteiger partial charge on any atom is -0.419 e. The molecule has 0 aliphatic carbocycles. The van der Waals surface area contributed by atoms with Crippen molar-refractivity contribution in [1.29, 1.82) is 0 Å². The minimum absolute atomic E-state index is 0.256. The molecule has 31 heavy (non-hydrogen) atoms. The zero-order chi connectivity index (χ0) is 22.3. The van der Waals surface area contributed by atoms with E-state index < -0.39 is 0 Å². The van der Waals surface area contributed by atoms with Crippen molar-refractivity contribution in [3.63, 3.8) is 0 Å². The Morgan fingerprint density at radius 2 is 1.74 bits per heavy atom. The summed E-state index contributed by atoms with van der Waals surface area (Å²) in [5, 5.41) is 9.64. The van der Waals surface area contributed by atoms with Crippen LogP contribution in [0.5, 0.6) is 0 Å². The standard InChI is InChI=1S/C23H21BrCl2N4O/c1-5-18-19(21-28-29-22(31-21)23(2,3)4)27-20(16-11-8-14(25)12-17(16)26)30(18)15-9-6-13(24)7-10-15/h6-12H,5H2,1-4H3. The van der Waals surface area contributed by atoms with E-state index in [1.165, 1.54) is 0 Å². The lowest BCUT2D eigenvalue weighted by Gasteiger charge is -2.13. The summed E-state index contributed by atoms with van der Waals surface area (Å²) >= 11 is 16.2. The van der Waals surface area contributed by atoms with Crippen LogP contribution >= 0.6 is 39.1 Å². The summed E-state index contributed by atoms with van der Waals surface area (Å²) in [6.45, 7) is 8.17. The van der Waals surface area contributed by atoms with Crippen molar-refractivity contribution in [2.45, 2.75) is 39.5 Å². The maximum Gasteiger partial charge on any atom is 0.268 e. The van der Waals surface area contributed by atoms with Gasteiger partial charge in [-0.05, 0) is 48.9 Å². The molecule has 2 aromatic carbocycles. The summed E-state index contributed by atoms with van der Waals surface area (Å²) in [4.78, 5) is 4.93. The molecule has 8 heteroatoms. The zero-order valence-corrected chi connectivity index (χ0v) is 20.7. The fourth-order valence-electron chi connectivity index (χ4n) is 3.29. The molecule has 0 fully saturated rings. The highest BCUT2D eigenvalue weighted by Gasteiger charge is 2.27. The molecule has 0 N–H and O–H groups in total. The van der Waals surface area contributed by atoms with E-state index in [4.69, 9.17) is 32.6 Å². The summed E-state index contributed by atoms with van der Waals surface area (Å²) in [6.07, 6.45) is 0.705. The molecular weight excluding hydrogens is 499 g/mol. The Balaban J connectivity index is 1.99. The van der Waals surface area contributed by atoms with Crippen LogP contribution in [0.3, 0.4) is 0 Å². The van der Waals surface area contributed by atoms with E-state index in [9.17, 15) is 0 Å². The Kier molecular flexibility index (Phi) is 5.99. The Morgan fingerprint density at radius 3 is 2.32 bits per heavy atom. The van der Waals surface area contributed by atoms with Gasteiger partial charge in [0, 0.05) is 26.2 Å². The van der Waals surface area contributed by atoms with Gasteiger partial charge in [0.25, 0.3) is 5.89 Å². The number of hydrogen-bond donors (Lipinski definition) is 0. The van der Waals surface area contributed by atoms with Gasteiger partial charge in [-0.3, -0.25) is 4.57 Å². The summed E-state index contributed by atoms with van der Waals surface area (Å²) in [5.74, 6) is 1.64. The predicted molar refractivity (Wildman–Crippen MR) is 128 cm³/mol. The summed E-state index contributed by atoms with van der Waals surface area (Å²) in [6, 6.07) is 13.4. The smallest absolute Gasteiger partial charge is 0.268 e. The molecule has 4 rings (SSSR count). The van der Waals surface area contributed by atoms with E-state index in [1.807, 2.05) is 51.1 Å². The number of benzene rings is 2. The van der Waals surface area contributed by atoms with Crippen molar-refractivity contribution in [1.82, 2.24) is 19.7 Å². The van der Waals surface area contributed by atoms with Gasteiger partial charge in [0.2, 0.25) is 5.89 Å². The molecule has 4 aromatic rings. The summed E-state index contributed by atoms with van der Waals surface area (Å²) < 4.78 is 9.10. The van der Waals surface area contributed by atoms with E-state index in [0.29, 0.717) is 39.8 Å². The first-order valence-corrected chi connectivity index (χ1v) is 11.4. The molecule has 0 bridgehead atoms. The molecule has 0 aliphatic rings. The first-order chi connectivity index (χ1) is 14.7. The number of rotatable bonds is 4. The Bertz CT molecular complexity index is 1240. The molecule has 0 atom stereocenters. The van der Waals surface area contributed by atoms with E-state index in [-0.39, 0.29) is 5.41 Å². The second-order valence-corrected chi connectivity index (χ2v) is 9.94. The van der Waals surface area contributed by atoms with Crippen molar-refractivity contribution in [2.24, 2.45) is 0 Å². The van der Waals surface area contributed by atoms with E-state index in [1.54, 1.807) is 12.1 Å². The number of halogens is 3. The number of imidazole rings is 1. The average Bonchev–Trinajstić information content (AvgIpc) is 3.33. The fourth-order valence-corrected chi connectivity index (χ4v) is 4.05. The lowest BCUT2D eigenvalue weighted by Crippen LogP contribution is -2.11. The molecule has 0 aliphatic heterocycles. The van der Waals surface area contributed by atoms with Gasteiger partial charge in [0.1, 0.15) is 11.5 Å².